The molecule has 1 aliphatic rings. The molecule has 0 saturated heterocycles. The molecular formula is C23H24N4O3. The number of fused-ring (bicyclic) bond motifs is 1. The first-order chi connectivity index (χ1) is 14.5. The predicted octanol–water partition coefficient (Wildman–Crippen LogP) is 3.84. The van der Waals surface area contributed by atoms with Gasteiger partial charge in [0.25, 0.3) is 5.91 Å². The highest BCUT2D eigenvalue weighted by atomic mass is 16.5. The summed E-state index contributed by atoms with van der Waals surface area (Å²) in [6.45, 7) is 4.25. The monoisotopic (exact) mass is 404 g/mol. The van der Waals surface area contributed by atoms with Crippen LogP contribution in [0.5, 0.6) is 0 Å². The second-order valence-electron chi connectivity index (χ2n) is 7.49. The Balaban J connectivity index is 1.63. The summed E-state index contributed by atoms with van der Waals surface area (Å²) < 4.78 is 6.93. The fourth-order valence-corrected chi connectivity index (χ4v) is 3.67. The van der Waals surface area contributed by atoms with Crippen LogP contribution in [0.25, 0.3) is 11.1 Å². The summed E-state index contributed by atoms with van der Waals surface area (Å²) >= 11 is 0. The molecule has 0 spiro atoms. The van der Waals surface area contributed by atoms with Gasteiger partial charge in [-0.25, -0.2) is 4.68 Å². The average molecular weight is 404 g/mol. The number of aromatic nitrogens is 2. The van der Waals surface area contributed by atoms with Crippen LogP contribution < -0.4 is 10.6 Å². The van der Waals surface area contributed by atoms with Crippen molar-refractivity contribution >= 4 is 23.3 Å². The second-order valence-corrected chi connectivity index (χ2v) is 7.49. The second kappa shape index (κ2) is 8.12. The van der Waals surface area contributed by atoms with Crippen LogP contribution in [0, 0.1) is 13.8 Å². The van der Waals surface area contributed by atoms with Crippen LogP contribution in [0.15, 0.2) is 48.5 Å². The van der Waals surface area contributed by atoms with Gasteiger partial charge >= 0.3 is 0 Å². The van der Waals surface area contributed by atoms with Gasteiger partial charge in [0, 0.05) is 18.4 Å². The number of ether oxygens (including phenoxy) is 1. The average Bonchev–Trinajstić information content (AvgIpc) is 3.20. The number of anilines is 2. The lowest BCUT2D eigenvalue weighted by Crippen LogP contribution is -2.24. The van der Waals surface area contributed by atoms with E-state index in [2.05, 4.69) is 15.7 Å². The fraction of sp³-hybridized carbons (Fsp3) is 0.261. The highest BCUT2D eigenvalue weighted by Crippen LogP contribution is 2.39. The maximum absolute atomic E-state index is 12.7. The first-order valence-electron chi connectivity index (χ1n) is 9.81. The Morgan fingerprint density at radius 3 is 2.60 bits per heavy atom. The Bertz CT molecular complexity index is 1100. The van der Waals surface area contributed by atoms with Crippen LogP contribution in [0.4, 0.5) is 11.5 Å². The van der Waals surface area contributed by atoms with Gasteiger partial charge in [0.05, 0.1) is 18.7 Å². The molecular weight excluding hydrogens is 380 g/mol. The van der Waals surface area contributed by atoms with Crippen molar-refractivity contribution in [1.82, 2.24) is 9.78 Å². The Kier molecular flexibility index (Phi) is 5.37. The number of para-hydroxylation sites is 1. The number of carbonyl (C=O) groups excluding carboxylic acids is 2. The lowest BCUT2D eigenvalue weighted by atomic mass is 10.0. The lowest BCUT2D eigenvalue weighted by Gasteiger charge is -2.11. The van der Waals surface area contributed by atoms with Crippen molar-refractivity contribution in [1.29, 1.82) is 0 Å². The maximum atomic E-state index is 12.7. The van der Waals surface area contributed by atoms with Crippen molar-refractivity contribution in [2.24, 2.45) is 0 Å². The number of nitrogens with zero attached hydrogens (tertiary/aromatic N) is 2. The smallest absolute Gasteiger partial charge is 0.251 e. The highest BCUT2D eigenvalue weighted by molar-refractivity contribution is 6.04. The number of methoxy groups -OCH3 is 1. The number of hydrogen-bond acceptors (Lipinski definition) is 4. The molecule has 2 N–H and O–H groups in total. The third kappa shape index (κ3) is 3.71. The van der Waals surface area contributed by atoms with Crippen LogP contribution >= 0.6 is 0 Å². The van der Waals surface area contributed by atoms with E-state index in [9.17, 15) is 9.59 Å². The SMILES string of the molecule is COCc1nn2c(c1-c1ccc(C)cc1)NC(=O)C2CC(=O)Nc1ccccc1C. The minimum Gasteiger partial charge on any atom is -0.378 e. The molecule has 0 radical (unpaired) electrons. The zero-order valence-electron chi connectivity index (χ0n) is 17.2. The zero-order valence-corrected chi connectivity index (χ0v) is 17.2. The van der Waals surface area contributed by atoms with Crippen molar-refractivity contribution in [2.75, 3.05) is 17.7 Å². The molecule has 1 aromatic heterocycles. The quantitative estimate of drug-likeness (QED) is 0.654. The molecule has 0 bridgehead atoms. The van der Waals surface area contributed by atoms with Gasteiger partial charge in [-0.3, -0.25) is 9.59 Å². The van der Waals surface area contributed by atoms with Crippen molar-refractivity contribution in [3.8, 4) is 11.1 Å². The zero-order chi connectivity index (χ0) is 21.3. The van der Waals surface area contributed by atoms with Crippen LogP contribution in [0.2, 0.25) is 0 Å². The summed E-state index contributed by atoms with van der Waals surface area (Å²) in [5.74, 6) is 0.123. The first kappa shape index (κ1) is 19.8. The molecule has 2 aromatic carbocycles. The summed E-state index contributed by atoms with van der Waals surface area (Å²) in [6, 6.07) is 14.9. The maximum Gasteiger partial charge on any atom is 0.251 e. The molecule has 4 rings (SSSR count). The Morgan fingerprint density at radius 2 is 1.90 bits per heavy atom. The van der Waals surface area contributed by atoms with Crippen LogP contribution in [-0.4, -0.2) is 28.7 Å². The third-order valence-electron chi connectivity index (χ3n) is 5.24. The predicted molar refractivity (Wildman–Crippen MR) is 115 cm³/mol. The molecule has 0 fully saturated rings. The number of rotatable bonds is 6. The Hall–Kier alpha value is -3.45. The van der Waals surface area contributed by atoms with Gasteiger partial charge in [0.2, 0.25) is 5.91 Å². The summed E-state index contributed by atoms with van der Waals surface area (Å²) in [7, 11) is 1.61. The van der Waals surface area contributed by atoms with Crippen molar-refractivity contribution in [3.05, 3.63) is 65.4 Å². The van der Waals surface area contributed by atoms with E-state index < -0.39 is 6.04 Å². The molecule has 2 heterocycles. The van der Waals surface area contributed by atoms with Crippen molar-refractivity contribution in [3.63, 3.8) is 0 Å². The molecule has 3 aromatic rings. The van der Waals surface area contributed by atoms with Gasteiger partial charge in [0.1, 0.15) is 11.9 Å². The van der Waals surface area contributed by atoms with Gasteiger partial charge in [-0.15, -0.1) is 0 Å². The molecule has 0 aliphatic carbocycles. The van der Waals surface area contributed by atoms with Gasteiger partial charge in [-0.2, -0.15) is 5.10 Å². The number of benzene rings is 2. The van der Waals surface area contributed by atoms with E-state index in [1.807, 2.05) is 62.4 Å². The van der Waals surface area contributed by atoms with Gasteiger partial charge in [0.15, 0.2) is 0 Å². The van der Waals surface area contributed by atoms with E-state index in [1.165, 1.54) is 0 Å². The molecule has 0 saturated carbocycles. The van der Waals surface area contributed by atoms with E-state index >= 15 is 0 Å². The third-order valence-corrected chi connectivity index (χ3v) is 5.24. The van der Waals surface area contributed by atoms with E-state index in [0.29, 0.717) is 12.4 Å². The molecule has 7 nitrogen and oxygen atoms in total. The molecule has 1 atom stereocenters. The number of hydrogen-bond donors (Lipinski definition) is 2. The van der Waals surface area contributed by atoms with Gasteiger partial charge in [-0.05, 0) is 31.0 Å². The van der Waals surface area contributed by atoms with Crippen LogP contribution in [0.3, 0.4) is 0 Å². The molecule has 1 unspecified atom stereocenters. The number of amides is 2. The molecule has 2 amide bonds. The largest absolute Gasteiger partial charge is 0.378 e. The minimum absolute atomic E-state index is 0.00535. The molecule has 30 heavy (non-hydrogen) atoms. The summed E-state index contributed by atoms with van der Waals surface area (Å²) in [6.07, 6.45) is -0.00535. The molecule has 7 heteroatoms. The highest BCUT2D eigenvalue weighted by Gasteiger charge is 2.37. The van der Waals surface area contributed by atoms with E-state index in [0.717, 1.165) is 33.6 Å². The van der Waals surface area contributed by atoms with Gasteiger partial charge in [-0.1, -0.05) is 48.0 Å². The van der Waals surface area contributed by atoms with E-state index in [4.69, 9.17) is 4.74 Å². The molecule has 1 aliphatic heterocycles. The molecule has 154 valence electrons. The number of carbonyl (C=O) groups is 2. The summed E-state index contributed by atoms with van der Waals surface area (Å²) in [5, 5.41) is 10.4. The first-order valence-corrected chi connectivity index (χ1v) is 9.81. The van der Waals surface area contributed by atoms with Crippen LogP contribution in [-0.2, 0) is 20.9 Å². The fourth-order valence-electron chi connectivity index (χ4n) is 3.67. The Labute approximate surface area is 175 Å². The lowest BCUT2D eigenvalue weighted by molar-refractivity contribution is -0.123. The topological polar surface area (TPSA) is 85.2 Å². The normalized spacial score (nSPS) is 15.0. The summed E-state index contributed by atoms with van der Waals surface area (Å²) in [4.78, 5) is 25.3. The number of aryl methyl sites for hydroxylation is 2. The Morgan fingerprint density at radius 1 is 1.17 bits per heavy atom. The van der Waals surface area contributed by atoms with Crippen LogP contribution in [0.1, 0.15) is 29.3 Å². The standard InChI is InChI=1S/C23H24N4O3/c1-14-8-10-16(11-9-14)21-18(13-30-3)26-27-19(23(29)25-22(21)27)12-20(28)24-17-7-5-4-6-15(17)2/h4-11,19H,12-13H2,1-3H3,(H,24,28)(H,25,29). The van der Waals surface area contributed by atoms with Gasteiger partial charge < -0.3 is 15.4 Å². The minimum atomic E-state index is -0.709. The van der Waals surface area contributed by atoms with Crippen molar-refractivity contribution in [2.45, 2.75) is 32.9 Å². The van der Waals surface area contributed by atoms with E-state index in [1.54, 1.807) is 11.8 Å². The summed E-state index contributed by atoms with van der Waals surface area (Å²) in [5.41, 5.74) is 5.34. The number of nitrogens with one attached hydrogen (secondary N) is 2. The van der Waals surface area contributed by atoms with E-state index in [-0.39, 0.29) is 18.2 Å². The van der Waals surface area contributed by atoms with Crippen molar-refractivity contribution < 1.29 is 14.3 Å².